The number of ether oxygens (including phenoxy) is 1. The molecule has 83 heavy (non-hydrogen) atoms. The zero-order valence-corrected chi connectivity index (χ0v) is 49.4. The van der Waals surface area contributed by atoms with Crippen molar-refractivity contribution in [2.24, 2.45) is 18.4 Å². The largest absolute Gasteiger partial charge is 0.494 e. The lowest BCUT2D eigenvalue weighted by Gasteiger charge is -2.35. The fourth-order valence-electron chi connectivity index (χ4n) is 10.3. The first-order valence-corrected chi connectivity index (χ1v) is 29.3. The minimum atomic E-state index is -0.885. The zero-order chi connectivity index (χ0) is 59.2. The van der Waals surface area contributed by atoms with E-state index in [9.17, 15) is 29.1 Å². The molecule has 2 saturated heterocycles. The first-order valence-electron chi connectivity index (χ1n) is 28.4. The number of piperidine rings is 1. The number of hydrogen-bond acceptors (Lipinski definition) is 16. The summed E-state index contributed by atoms with van der Waals surface area (Å²) in [5.74, 6) is 7.39. The average molecular weight is 1150 g/mol. The summed E-state index contributed by atoms with van der Waals surface area (Å²) in [6, 6.07) is 16.7. The van der Waals surface area contributed by atoms with Crippen LogP contribution in [0.1, 0.15) is 132 Å². The number of aliphatic hydroxyl groups excluding tert-OH is 1. The number of thiazole rings is 1. The van der Waals surface area contributed by atoms with E-state index < -0.39 is 29.5 Å². The van der Waals surface area contributed by atoms with Gasteiger partial charge in [-0.05, 0) is 80.3 Å². The number of nitrogens with one attached hydrogen (secondary N) is 5. The summed E-state index contributed by atoms with van der Waals surface area (Å²) in [5.41, 5.74) is 6.54. The molecule has 0 bridgehead atoms. The van der Waals surface area contributed by atoms with Crippen molar-refractivity contribution in [3.8, 4) is 39.4 Å². The minimum Gasteiger partial charge on any atom is -0.494 e. The molecule has 6 N–H and O–H groups in total. The molecular weight excluding hydrogens is 1070 g/mol. The Balaban J connectivity index is 0.717. The molecule has 0 radical (unpaired) electrons. The van der Waals surface area contributed by atoms with Crippen molar-refractivity contribution in [1.82, 2.24) is 60.7 Å². The van der Waals surface area contributed by atoms with E-state index in [1.54, 1.807) is 54.8 Å². The van der Waals surface area contributed by atoms with Gasteiger partial charge in [-0.1, -0.05) is 88.6 Å². The molecule has 5 amide bonds. The number of hydrogen-bond donors (Lipinski definition) is 6. The number of methoxy groups -OCH3 is 1. The molecule has 4 atom stereocenters. The molecular formula is C61H76N14O7S. The lowest BCUT2D eigenvalue weighted by molar-refractivity contribution is -0.144. The van der Waals surface area contributed by atoms with Gasteiger partial charge in [0.25, 0.3) is 5.91 Å². The second-order valence-electron chi connectivity index (χ2n) is 22.3. The number of aryl methyl sites for hydroxylation is 2. The van der Waals surface area contributed by atoms with Crippen molar-refractivity contribution in [3.63, 3.8) is 0 Å². The van der Waals surface area contributed by atoms with Crippen LogP contribution in [0.25, 0.3) is 21.8 Å². The highest BCUT2D eigenvalue weighted by atomic mass is 32.1. The maximum atomic E-state index is 14.1. The summed E-state index contributed by atoms with van der Waals surface area (Å²) in [4.78, 5) is 84.8. The van der Waals surface area contributed by atoms with Crippen LogP contribution < -0.4 is 31.3 Å². The molecule has 21 nitrogen and oxygen atoms in total. The van der Waals surface area contributed by atoms with Crippen molar-refractivity contribution in [1.29, 1.82) is 0 Å². The molecule has 0 aliphatic carbocycles. The number of β-amino-alcohol motifs (C(OH)–C–C–N with tert-alkyl or cyclic N) is 1. The Kier molecular flexibility index (Phi) is 20.6. The van der Waals surface area contributed by atoms with Gasteiger partial charge in [-0.2, -0.15) is 5.10 Å². The Morgan fingerprint density at radius 1 is 0.867 bits per heavy atom. The van der Waals surface area contributed by atoms with Crippen LogP contribution in [-0.2, 0) is 26.2 Å². The third kappa shape index (κ3) is 16.0. The van der Waals surface area contributed by atoms with Crippen LogP contribution in [0, 0.1) is 30.1 Å². The third-order valence-corrected chi connectivity index (χ3v) is 15.9. The van der Waals surface area contributed by atoms with Crippen LogP contribution in [0.3, 0.4) is 0 Å². The molecule has 4 aromatic heterocycles. The van der Waals surface area contributed by atoms with Crippen LogP contribution in [0.5, 0.6) is 5.75 Å². The second-order valence-corrected chi connectivity index (χ2v) is 23.2. The molecule has 6 aromatic rings. The van der Waals surface area contributed by atoms with Gasteiger partial charge in [0.1, 0.15) is 24.2 Å². The zero-order valence-electron chi connectivity index (χ0n) is 48.6. The van der Waals surface area contributed by atoms with Gasteiger partial charge < -0.3 is 46.2 Å². The second kappa shape index (κ2) is 28.1. The van der Waals surface area contributed by atoms with Crippen molar-refractivity contribution < 1.29 is 33.8 Å². The van der Waals surface area contributed by atoms with Crippen molar-refractivity contribution in [2.45, 2.75) is 129 Å². The molecule has 2 aromatic carbocycles. The molecule has 0 unspecified atom stereocenters. The van der Waals surface area contributed by atoms with Crippen LogP contribution in [0.4, 0.5) is 23.0 Å². The van der Waals surface area contributed by atoms with Crippen molar-refractivity contribution in [3.05, 3.63) is 101 Å². The number of amides is 5. The summed E-state index contributed by atoms with van der Waals surface area (Å²) >= 11 is 1.58. The number of benzene rings is 2. The van der Waals surface area contributed by atoms with Gasteiger partial charge in [-0.3, -0.25) is 28.7 Å². The van der Waals surface area contributed by atoms with Crippen LogP contribution in [0.15, 0.2) is 78.7 Å². The van der Waals surface area contributed by atoms with E-state index in [-0.39, 0.29) is 60.7 Å². The first kappa shape index (κ1) is 60.8. The van der Waals surface area contributed by atoms with Gasteiger partial charge in [0.15, 0.2) is 23.1 Å². The number of pyridine rings is 1. The van der Waals surface area contributed by atoms with E-state index in [2.05, 4.69) is 68.7 Å². The Hall–Kier alpha value is -8.29. The number of anilines is 4. The number of likely N-dealkylation sites (tertiary alicyclic amines) is 2. The molecule has 8 rings (SSSR count). The number of rotatable bonds is 22. The van der Waals surface area contributed by atoms with Crippen LogP contribution >= 0.6 is 11.3 Å². The number of nitrogens with zero attached hydrogens (tertiary/aromatic N) is 9. The van der Waals surface area contributed by atoms with Crippen molar-refractivity contribution >= 4 is 63.9 Å². The Morgan fingerprint density at radius 2 is 1.60 bits per heavy atom. The summed E-state index contributed by atoms with van der Waals surface area (Å²) < 4.78 is 7.36. The van der Waals surface area contributed by atoms with E-state index in [0.717, 1.165) is 72.2 Å². The summed E-state index contributed by atoms with van der Waals surface area (Å²) in [6.45, 7) is 10.9. The minimum absolute atomic E-state index is 0.00928. The molecule has 22 heteroatoms. The predicted octanol–water partition coefficient (Wildman–Crippen LogP) is 8.04. The SMILES string of the molecule is CNC(=O)c1nnc(Nc2ccc(C#CC3CCN(C(=O)CCCCCCCCC(=O)N[C@H](C(=O)N4C[C@H](O)C[C@H]4C(=O)N[C@@H](C)c4ccc(-c5scnc5C)cc4)C(C)(C)C)CC3)cn2)cc1Nc1cccc(-c2ncn(C)n2)c1OC. The molecule has 0 saturated carbocycles. The molecule has 6 heterocycles. The Labute approximate surface area is 489 Å². The van der Waals surface area contributed by atoms with E-state index in [1.165, 1.54) is 11.9 Å². The quantitative estimate of drug-likeness (QED) is 0.0278. The lowest BCUT2D eigenvalue weighted by Crippen LogP contribution is -2.57. The molecule has 438 valence electrons. The van der Waals surface area contributed by atoms with Gasteiger partial charge in [0.05, 0.1) is 52.3 Å². The number of para-hydroxylation sites is 1. The number of aliphatic hydroxyl groups is 1. The first-order chi connectivity index (χ1) is 39.9. The maximum Gasteiger partial charge on any atom is 0.273 e. The average Bonchev–Trinajstić information content (AvgIpc) is 4.38. The van der Waals surface area contributed by atoms with E-state index in [0.29, 0.717) is 66.1 Å². The topological polar surface area (TPSA) is 264 Å². The van der Waals surface area contributed by atoms with Gasteiger partial charge in [0.2, 0.25) is 23.6 Å². The number of unbranched alkanes of at least 4 members (excludes halogenated alkanes) is 5. The lowest BCUT2D eigenvalue weighted by atomic mass is 9.85. The standard InChI is InChI=1S/C61H76N14O7S/c1-38(42-23-25-43(26-24-42)55-39(2)65-37-83-55)66-58(79)48-32-44(76)35-75(48)60(81)56(61(3,4)5)69-51(77)18-13-11-9-10-12-14-19-52(78)74-30-28-40(29-31-74)20-21-41-22-27-49(63-34-41)68-50-33-47(53(71-70-50)59(80)62-6)67-46-17-15-16-45(54(46)82-8)57-64-36-73(7)72-57/h15-17,22-27,33-34,36-38,40,44,48,56,76H,9-14,18-19,28-32,35H2,1-8H3,(H,62,80)(H,66,79)(H,69,77)(H2,63,67,68,70)/t38-,44+,48-,56+/m0/s1. The summed E-state index contributed by atoms with van der Waals surface area (Å²) in [5, 5.41) is 38.6. The van der Waals surface area contributed by atoms with Crippen molar-refractivity contribution in [2.75, 3.05) is 44.4 Å². The van der Waals surface area contributed by atoms with Gasteiger partial charge in [-0.25, -0.2) is 15.0 Å². The molecule has 0 spiro atoms. The number of carbonyl (C=O) groups excluding carboxylic acids is 5. The third-order valence-electron chi connectivity index (χ3n) is 15.0. The monoisotopic (exact) mass is 1150 g/mol. The van der Waals surface area contributed by atoms with E-state index in [1.807, 2.05) is 93.6 Å². The highest BCUT2D eigenvalue weighted by molar-refractivity contribution is 7.13. The Morgan fingerprint density at radius 3 is 2.25 bits per heavy atom. The Bertz CT molecular complexity index is 3290. The van der Waals surface area contributed by atoms with Gasteiger partial charge >= 0.3 is 0 Å². The van der Waals surface area contributed by atoms with E-state index >= 15 is 0 Å². The normalized spacial score (nSPS) is 16.1. The van der Waals surface area contributed by atoms with Gasteiger partial charge in [0, 0.05) is 76.7 Å². The smallest absolute Gasteiger partial charge is 0.273 e. The highest BCUT2D eigenvalue weighted by Gasteiger charge is 2.45. The highest BCUT2D eigenvalue weighted by Crippen LogP contribution is 2.38. The summed E-state index contributed by atoms with van der Waals surface area (Å²) in [7, 11) is 4.85. The molecule has 2 aliphatic rings. The van der Waals surface area contributed by atoms with E-state index in [4.69, 9.17) is 4.74 Å². The summed E-state index contributed by atoms with van der Waals surface area (Å²) in [6.07, 6.45) is 10.0. The van der Waals surface area contributed by atoms with Crippen LogP contribution in [-0.4, -0.2) is 131 Å². The fraction of sp³-hybridized carbons (Fsp3) is 0.459. The fourth-order valence-corrected chi connectivity index (χ4v) is 11.1. The maximum absolute atomic E-state index is 14.1. The van der Waals surface area contributed by atoms with Crippen LogP contribution in [0.2, 0.25) is 0 Å². The predicted molar refractivity (Wildman–Crippen MR) is 319 cm³/mol. The molecule has 2 aliphatic heterocycles. The molecule has 2 fully saturated rings. The van der Waals surface area contributed by atoms with Gasteiger partial charge in [-0.15, -0.1) is 21.5 Å². The number of carbonyl (C=O) groups is 5. The number of aromatic nitrogens is 7.